The largest absolute Gasteiger partial charge is 0.373 e. The summed E-state index contributed by atoms with van der Waals surface area (Å²) < 4.78 is 3.13. The van der Waals surface area contributed by atoms with Crippen LogP contribution in [0.3, 0.4) is 0 Å². The van der Waals surface area contributed by atoms with Crippen molar-refractivity contribution in [3.8, 4) is 11.6 Å². The van der Waals surface area contributed by atoms with Crippen molar-refractivity contribution in [2.45, 2.75) is 6.92 Å². The summed E-state index contributed by atoms with van der Waals surface area (Å²) in [6.45, 7) is 1.93. The Labute approximate surface area is 223 Å². The van der Waals surface area contributed by atoms with Crippen molar-refractivity contribution >= 4 is 34.8 Å². The van der Waals surface area contributed by atoms with Gasteiger partial charge in [0.2, 0.25) is 0 Å². The minimum atomic E-state index is -0.343. The molecule has 0 unspecified atom stereocenters. The molecular formula is C26H25N11O2. The molecule has 4 aromatic heterocycles. The van der Waals surface area contributed by atoms with Gasteiger partial charge in [0.15, 0.2) is 17.3 Å². The molecule has 0 aliphatic rings. The van der Waals surface area contributed by atoms with Gasteiger partial charge in [-0.1, -0.05) is 6.07 Å². The number of aromatic nitrogens is 7. The molecule has 4 N–H and O–H groups in total. The molecule has 0 spiro atoms. The van der Waals surface area contributed by atoms with E-state index in [-0.39, 0.29) is 17.5 Å². The van der Waals surface area contributed by atoms with Crippen molar-refractivity contribution in [3.63, 3.8) is 0 Å². The number of anilines is 4. The van der Waals surface area contributed by atoms with Crippen molar-refractivity contribution in [2.75, 3.05) is 30.0 Å². The molecule has 13 heteroatoms. The summed E-state index contributed by atoms with van der Waals surface area (Å²) in [4.78, 5) is 38.0. The predicted octanol–water partition coefficient (Wildman–Crippen LogP) is 2.95. The lowest BCUT2D eigenvalue weighted by Crippen LogP contribution is -2.18. The summed E-state index contributed by atoms with van der Waals surface area (Å²) in [7, 11) is 3.28. The van der Waals surface area contributed by atoms with Crippen molar-refractivity contribution in [2.24, 2.45) is 0 Å². The zero-order chi connectivity index (χ0) is 27.4. The van der Waals surface area contributed by atoms with Crippen LogP contribution in [-0.2, 0) is 0 Å². The average molecular weight is 524 g/mol. The normalized spacial score (nSPS) is 10.6. The number of aryl methyl sites for hydroxylation is 1. The van der Waals surface area contributed by atoms with E-state index >= 15 is 0 Å². The third kappa shape index (κ3) is 5.41. The molecule has 2 amide bonds. The summed E-state index contributed by atoms with van der Waals surface area (Å²) in [5.74, 6) is 1.51. The predicted molar refractivity (Wildman–Crippen MR) is 146 cm³/mol. The molecule has 196 valence electrons. The SMILES string of the molecule is CNC(=O)c1cc(Nc2cc(NC(=O)c3ccc(-n4cccn4)nc3)ccc2C)n(-c2cc(NC)ncn2)n1. The lowest BCUT2D eigenvalue weighted by molar-refractivity contribution is 0.0956. The average Bonchev–Trinajstić information content (AvgIpc) is 3.65. The Balaban J connectivity index is 1.40. The van der Waals surface area contributed by atoms with E-state index in [1.165, 1.54) is 24.3 Å². The number of pyridine rings is 1. The molecule has 0 atom stereocenters. The van der Waals surface area contributed by atoms with Crippen molar-refractivity contribution < 1.29 is 9.59 Å². The van der Waals surface area contributed by atoms with E-state index in [1.54, 1.807) is 66.6 Å². The third-order valence-corrected chi connectivity index (χ3v) is 5.80. The zero-order valence-electron chi connectivity index (χ0n) is 21.4. The van der Waals surface area contributed by atoms with Gasteiger partial charge in [-0.25, -0.2) is 19.6 Å². The molecule has 13 nitrogen and oxygen atoms in total. The van der Waals surface area contributed by atoms with E-state index < -0.39 is 0 Å². The van der Waals surface area contributed by atoms with E-state index in [9.17, 15) is 9.59 Å². The maximum absolute atomic E-state index is 12.9. The molecule has 0 aliphatic carbocycles. The minimum absolute atomic E-state index is 0.206. The molecule has 5 aromatic rings. The molecule has 0 radical (unpaired) electrons. The Morgan fingerprint density at radius 2 is 1.79 bits per heavy atom. The number of benzene rings is 1. The van der Waals surface area contributed by atoms with Crippen LogP contribution in [-0.4, -0.2) is 60.4 Å². The van der Waals surface area contributed by atoms with Gasteiger partial charge in [0.25, 0.3) is 11.8 Å². The Bertz CT molecular complexity index is 1630. The maximum Gasteiger partial charge on any atom is 0.271 e. The van der Waals surface area contributed by atoms with E-state index in [2.05, 4.69) is 46.4 Å². The van der Waals surface area contributed by atoms with Gasteiger partial charge in [0.05, 0.1) is 5.56 Å². The maximum atomic E-state index is 12.9. The fourth-order valence-electron chi connectivity index (χ4n) is 3.72. The molecule has 0 saturated heterocycles. The van der Waals surface area contributed by atoms with Crippen LogP contribution in [0.2, 0.25) is 0 Å². The first-order valence-corrected chi connectivity index (χ1v) is 11.9. The van der Waals surface area contributed by atoms with Crippen molar-refractivity contribution in [1.82, 2.24) is 39.8 Å². The van der Waals surface area contributed by atoms with E-state index in [0.717, 1.165) is 5.56 Å². The first-order valence-electron chi connectivity index (χ1n) is 11.9. The third-order valence-electron chi connectivity index (χ3n) is 5.80. The van der Waals surface area contributed by atoms with Gasteiger partial charge in [-0.05, 0) is 42.8 Å². The van der Waals surface area contributed by atoms with E-state index in [0.29, 0.717) is 40.2 Å². The van der Waals surface area contributed by atoms with Crippen molar-refractivity contribution in [3.05, 3.63) is 90.3 Å². The fourth-order valence-corrected chi connectivity index (χ4v) is 3.72. The summed E-state index contributed by atoms with van der Waals surface area (Å²) in [5.41, 5.74) is 2.79. The first-order chi connectivity index (χ1) is 18.9. The number of amides is 2. The quantitative estimate of drug-likeness (QED) is 0.240. The van der Waals surface area contributed by atoms with E-state index in [4.69, 9.17) is 0 Å². The topological polar surface area (TPSA) is 157 Å². The lowest BCUT2D eigenvalue weighted by atomic mass is 10.1. The van der Waals surface area contributed by atoms with Gasteiger partial charge in [-0.2, -0.15) is 14.9 Å². The minimum Gasteiger partial charge on any atom is -0.373 e. The first kappa shape index (κ1) is 25.1. The molecule has 0 saturated carbocycles. The molecule has 0 fully saturated rings. The number of rotatable bonds is 8. The summed E-state index contributed by atoms with van der Waals surface area (Å²) in [5, 5.41) is 20.3. The highest BCUT2D eigenvalue weighted by molar-refractivity contribution is 6.04. The van der Waals surface area contributed by atoms with Gasteiger partial charge < -0.3 is 21.3 Å². The second-order valence-electron chi connectivity index (χ2n) is 8.38. The Morgan fingerprint density at radius 1 is 0.923 bits per heavy atom. The highest BCUT2D eigenvalue weighted by Gasteiger charge is 2.17. The van der Waals surface area contributed by atoms with Crippen LogP contribution < -0.4 is 21.3 Å². The summed E-state index contributed by atoms with van der Waals surface area (Å²) in [6.07, 6.45) is 6.34. The molecule has 39 heavy (non-hydrogen) atoms. The molecule has 5 rings (SSSR count). The summed E-state index contributed by atoms with van der Waals surface area (Å²) >= 11 is 0. The van der Waals surface area contributed by atoms with Gasteiger partial charge >= 0.3 is 0 Å². The van der Waals surface area contributed by atoms with Gasteiger partial charge in [-0.3, -0.25) is 9.59 Å². The van der Waals surface area contributed by atoms with Crippen LogP contribution in [0.25, 0.3) is 11.6 Å². The Morgan fingerprint density at radius 3 is 2.51 bits per heavy atom. The number of nitrogens with zero attached hydrogens (tertiary/aromatic N) is 7. The van der Waals surface area contributed by atoms with Crippen LogP contribution in [0.1, 0.15) is 26.4 Å². The molecule has 0 aliphatic heterocycles. The lowest BCUT2D eigenvalue weighted by Gasteiger charge is -2.14. The number of hydrogen-bond donors (Lipinski definition) is 4. The number of carbonyl (C=O) groups excluding carboxylic acids is 2. The van der Waals surface area contributed by atoms with Crippen molar-refractivity contribution in [1.29, 1.82) is 0 Å². The molecule has 4 heterocycles. The van der Waals surface area contributed by atoms with Crippen LogP contribution in [0, 0.1) is 6.92 Å². The standard InChI is InChI=1S/C26H25N11O2/c1-16-5-7-18(33-25(38)17-6-8-22(29-14-17)36-10-4-9-32-36)11-19(16)34-24-12-20(26(39)28-3)35-37(24)23-13-21(27-2)30-15-31-23/h4-15,34H,1-3H3,(H,28,39)(H,33,38)(H,27,30,31). The zero-order valence-corrected chi connectivity index (χ0v) is 21.4. The Kier molecular flexibility index (Phi) is 6.94. The second kappa shape index (κ2) is 10.8. The fraction of sp³-hybridized carbons (Fsp3) is 0.115. The smallest absolute Gasteiger partial charge is 0.271 e. The van der Waals surface area contributed by atoms with Crippen LogP contribution in [0.5, 0.6) is 0 Å². The summed E-state index contributed by atoms with van der Waals surface area (Å²) in [6, 6.07) is 14.0. The molecule has 0 bridgehead atoms. The molecular weight excluding hydrogens is 498 g/mol. The number of nitrogens with one attached hydrogen (secondary N) is 4. The van der Waals surface area contributed by atoms with E-state index in [1.807, 2.05) is 13.0 Å². The highest BCUT2D eigenvalue weighted by atomic mass is 16.2. The van der Waals surface area contributed by atoms with Gasteiger partial charge in [-0.15, -0.1) is 0 Å². The van der Waals surface area contributed by atoms with Gasteiger partial charge in [0.1, 0.15) is 18.0 Å². The van der Waals surface area contributed by atoms with Gasteiger partial charge in [0, 0.05) is 56.2 Å². The highest BCUT2D eigenvalue weighted by Crippen LogP contribution is 2.27. The molecule has 1 aromatic carbocycles. The van der Waals surface area contributed by atoms with Crippen LogP contribution in [0.15, 0.2) is 73.4 Å². The number of hydrogen-bond acceptors (Lipinski definition) is 9. The van der Waals surface area contributed by atoms with Crippen LogP contribution >= 0.6 is 0 Å². The monoisotopic (exact) mass is 523 g/mol. The number of carbonyl (C=O) groups is 2. The van der Waals surface area contributed by atoms with Crippen LogP contribution in [0.4, 0.5) is 23.0 Å². The Hall–Kier alpha value is -5.59. The second-order valence-corrected chi connectivity index (χ2v) is 8.38.